The largest absolute Gasteiger partial charge is 0.444 e. The number of aryl methyl sites for hydroxylation is 1. The number of nitrogens with zero attached hydrogens (tertiary/aromatic N) is 1. The molecule has 0 spiro atoms. The molecule has 0 radical (unpaired) electrons. The molecule has 3 heteroatoms. The summed E-state index contributed by atoms with van der Waals surface area (Å²) in [5.74, 6) is 0. The van der Waals surface area contributed by atoms with Crippen LogP contribution in [-0.2, 0) is 4.74 Å². The predicted molar refractivity (Wildman–Crippen MR) is 74.0 cm³/mol. The van der Waals surface area contributed by atoms with Crippen LogP contribution in [0.4, 0.5) is 4.79 Å². The summed E-state index contributed by atoms with van der Waals surface area (Å²) in [4.78, 5) is 14.3. The predicted octanol–water partition coefficient (Wildman–Crippen LogP) is 4.12. The Hall–Kier alpha value is -1.51. The minimum atomic E-state index is -0.429. The molecule has 1 aromatic rings. The van der Waals surface area contributed by atoms with Crippen molar-refractivity contribution < 1.29 is 9.53 Å². The standard InChI is InChI=1S/C16H21NO2/c1-10-5-6-11-12(9-10)14-8-7-13(11)17(14)15(18)19-16(2,3)4/h5-6,9,13-14H,7-8H2,1-4H3. The molecule has 0 N–H and O–H groups in total. The Bertz CT molecular complexity index is 530. The molecule has 19 heavy (non-hydrogen) atoms. The van der Waals surface area contributed by atoms with Gasteiger partial charge in [0, 0.05) is 0 Å². The highest BCUT2D eigenvalue weighted by molar-refractivity contribution is 5.72. The second-order valence-electron chi connectivity index (χ2n) is 6.63. The zero-order valence-corrected chi connectivity index (χ0v) is 12.1. The first-order chi connectivity index (χ1) is 8.87. The van der Waals surface area contributed by atoms with E-state index in [1.807, 2.05) is 25.7 Å². The van der Waals surface area contributed by atoms with E-state index in [-0.39, 0.29) is 18.2 Å². The fourth-order valence-corrected chi connectivity index (χ4v) is 3.28. The molecule has 3 rings (SSSR count). The molecule has 0 saturated carbocycles. The molecule has 2 aliphatic rings. The van der Waals surface area contributed by atoms with Crippen LogP contribution in [0.1, 0.15) is 62.4 Å². The molecule has 1 amide bonds. The van der Waals surface area contributed by atoms with Gasteiger partial charge in [-0.25, -0.2) is 4.79 Å². The minimum absolute atomic E-state index is 0.172. The van der Waals surface area contributed by atoms with Crippen LogP contribution in [0.15, 0.2) is 18.2 Å². The zero-order chi connectivity index (χ0) is 13.8. The van der Waals surface area contributed by atoms with Crippen molar-refractivity contribution in [2.24, 2.45) is 0 Å². The lowest BCUT2D eigenvalue weighted by Crippen LogP contribution is -2.34. The maximum atomic E-state index is 12.4. The molecule has 0 aromatic heterocycles. The molecule has 1 fully saturated rings. The molecule has 2 heterocycles. The van der Waals surface area contributed by atoms with Gasteiger partial charge in [-0.3, -0.25) is 4.90 Å². The number of hydrogen-bond acceptors (Lipinski definition) is 2. The summed E-state index contributed by atoms with van der Waals surface area (Å²) in [6.45, 7) is 7.85. The molecule has 1 aromatic carbocycles. The van der Waals surface area contributed by atoms with Crippen LogP contribution < -0.4 is 0 Å². The van der Waals surface area contributed by atoms with Crippen molar-refractivity contribution in [3.05, 3.63) is 34.9 Å². The summed E-state index contributed by atoms with van der Waals surface area (Å²) in [5.41, 5.74) is 3.46. The van der Waals surface area contributed by atoms with Gasteiger partial charge in [-0.2, -0.15) is 0 Å². The molecule has 3 nitrogen and oxygen atoms in total. The maximum Gasteiger partial charge on any atom is 0.411 e. The summed E-state index contributed by atoms with van der Waals surface area (Å²) in [5, 5.41) is 0. The third kappa shape index (κ3) is 2.01. The topological polar surface area (TPSA) is 29.5 Å². The van der Waals surface area contributed by atoms with Gasteiger partial charge >= 0.3 is 6.09 Å². The average molecular weight is 259 g/mol. The number of hydrogen-bond donors (Lipinski definition) is 0. The number of ether oxygens (including phenoxy) is 1. The summed E-state index contributed by atoms with van der Waals surface area (Å²) < 4.78 is 5.55. The Morgan fingerprint density at radius 1 is 1.21 bits per heavy atom. The number of rotatable bonds is 0. The van der Waals surface area contributed by atoms with Crippen molar-refractivity contribution in [3.63, 3.8) is 0 Å². The van der Waals surface area contributed by atoms with Gasteiger partial charge in [0.15, 0.2) is 0 Å². The van der Waals surface area contributed by atoms with Gasteiger partial charge in [0.25, 0.3) is 0 Å². The van der Waals surface area contributed by atoms with Crippen molar-refractivity contribution in [3.8, 4) is 0 Å². The fourth-order valence-electron chi connectivity index (χ4n) is 3.28. The lowest BCUT2D eigenvalue weighted by Gasteiger charge is -2.27. The first-order valence-electron chi connectivity index (χ1n) is 6.98. The quantitative estimate of drug-likeness (QED) is 0.701. The molecular weight excluding hydrogens is 238 g/mol. The molecule has 102 valence electrons. The molecule has 2 aliphatic heterocycles. The fraction of sp³-hybridized carbons (Fsp3) is 0.562. The van der Waals surface area contributed by atoms with Crippen molar-refractivity contribution in [2.75, 3.05) is 0 Å². The Morgan fingerprint density at radius 2 is 1.84 bits per heavy atom. The van der Waals surface area contributed by atoms with E-state index in [0.717, 1.165) is 12.8 Å². The van der Waals surface area contributed by atoms with Crippen LogP contribution in [-0.4, -0.2) is 16.6 Å². The Labute approximate surface area is 114 Å². The summed E-state index contributed by atoms with van der Waals surface area (Å²) in [6.07, 6.45) is 1.94. The van der Waals surface area contributed by atoms with E-state index in [4.69, 9.17) is 4.74 Å². The van der Waals surface area contributed by atoms with Crippen LogP contribution in [0.2, 0.25) is 0 Å². The van der Waals surface area contributed by atoms with Gasteiger partial charge in [0.05, 0.1) is 12.1 Å². The third-order valence-corrected chi connectivity index (χ3v) is 3.95. The first kappa shape index (κ1) is 12.5. The lowest BCUT2D eigenvalue weighted by atomic mass is 9.91. The van der Waals surface area contributed by atoms with E-state index < -0.39 is 5.60 Å². The number of amides is 1. The first-order valence-corrected chi connectivity index (χ1v) is 6.98. The zero-order valence-electron chi connectivity index (χ0n) is 12.1. The highest BCUT2D eigenvalue weighted by atomic mass is 16.6. The van der Waals surface area contributed by atoms with Crippen molar-refractivity contribution >= 4 is 6.09 Å². The highest BCUT2D eigenvalue weighted by Gasteiger charge is 2.47. The molecule has 2 bridgehead atoms. The van der Waals surface area contributed by atoms with Crippen LogP contribution in [0.25, 0.3) is 0 Å². The molecule has 2 unspecified atom stereocenters. The van der Waals surface area contributed by atoms with Crippen LogP contribution in [0, 0.1) is 6.92 Å². The summed E-state index contributed by atoms with van der Waals surface area (Å²) in [6, 6.07) is 6.96. The van der Waals surface area contributed by atoms with E-state index in [2.05, 4.69) is 25.1 Å². The molecule has 2 atom stereocenters. The number of benzene rings is 1. The number of carbonyl (C=O) groups is 1. The van der Waals surface area contributed by atoms with Crippen molar-refractivity contribution in [1.29, 1.82) is 0 Å². The smallest absolute Gasteiger partial charge is 0.411 e. The number of carbonyl (C=O) groups excluding carboxylic acids is 1. The Balaban J connectivity index is 1.90. The highest BCUT2D eigenvalue weighted by Crippen LogP contribution is 2.53. The van der Waals surface area contributed by atoms with Crippen molar-refractivity contribution in [2.45, 2.75) is 58.2 Å². The Morgan fingerprint density at radius 3 is 2.47 bits per heavy atom. The summed E-state index contributed by atoms with van der Waals surface area (Å²) >= 11 is 0. The lowest BCUT2D eigenvalue weighted by molar-refractivity contribution is 0.0177. The van der Waals surface area contributed by atoms with Gasteiger partial charge in [0.1, 0.15) is 5.60 Å². The van der Waals surface area contributed by atoms with Gasteiger partial charge in [-0.1, -0.05) is 23.8 Å². The maximum absolute atomic E-state index is 12.4. The van der Waals surface area contributed by atoms with Gasteiger partial charge in [-0.15, -0.1) is 0 Å². The van der Waals surface area contributed by atoms with Crippen LogP contribution in [0.3, 0.4) is 0 Å². The third-order valence-electron chi connectivity index (χ3n) is 3.95. The van der Waals surface area contributed by atoms with E-state index in [0.29, 0.717) is 0 Å². The monoisotopic (exact) mass is 259 g/mol. The van der Waals surface area contributed by atoms with E-state index in [1.165, 1.54) is 16.7 Å². The van der Waals surface area contributed by atoms with Gasteiger partial charge in [-0.05, 0) is 51.7 Å². The average Bonchev–Trinajstić information content (AvgIpc) is 2.82. The van der Waals surface area contributed by atoms with Crippen molar-refractivity contribution in [1.82, 2.24) is 4.90 Å². The minimum Gasteiger partial charge on any atom is -0.444 e. The second-order valence-corrected chi connectivity index (χ2v) is 6.63. The SMILES string of the molecule is Cc1ccc2c(c1)C1CCC2N1C(=O)OC(C)(C)C. The Kier molecular flexibility index (Phi) is 2.63. The second kappa shape index (κ2) is 3.99. The van der Waals surface area contributed by atoms with Gasteiger partial charge in [0.2, 0.25) is 0 Å². The van der Waals surface area contributed by atoms with Gasteiger partial charge < -0.3 is 4.74 Å². The number of fused-ring (bicyclic) bond motifs is 5. The molecular formula is C16H21NO2. The van der Waals surface area contributed by atoms with Crippen LogP contribution in [0.5, 0.6) is 0 Å². The van der Waals surface area contributed by atoms with Crippen LogP contribution >= 0.6 is 0 Å². The molecule has 0 aliphatic carbocycles. The summed E-state index contributed by atoms with van der Waals surface area (Å²) in [7, 11) is 0. The van der Waals surface area contributed by atoms with E-state index >= 15 is 0 Å². The normalized spacial score (nSPS) is 24.5. The van der Waals surface area contributed by atoms with E-state index in [1.54, 1.807) is 0 Å². The van der Waals surface area contributed by atoms with E-state index in [9.17, 15) is 4.79 Å². The molecule has 1 saturated heterocycles.